The number of carbonyl (C=O) groups is 1. The molecule has 27 heavy (non-hydrogen) atoms. The topological polar surface area (TPSA) is 69.4 Å². The lowest BCUT2D eigenvalue weighted by Gasteiger charge is -2.10. The van der Waals surface area contributed by atoms with Gasteiger partial charge in [-0.05, 0) is 19.1 Å². The van der Waals surface area contributed by atoms with Gasteiger partial charge in [0.2, 0.25) is 0 Å². The average Bonchev–Trinajstić information content (AvgIpc) is 3.12. The van der Waals surface area contributed by atoms with Crippen molar-refractivity contribution >= 4 is 23.3 Å². The van der Waals surface area contributed by atoms with Gasteiger partial charge in [0, 0.05) is 22.3 Å². The second-order valence-electron chi connectivity index (χ2n) is 5.76. The van der Waals surface area contributed by atoms with E-state index in [0.717, 1.165) is 11.1 Å². The third kappa shape index (κ3) is 3.27. The van der Waals surface area contributed by atoms with Gasteiger partial charge in [-0.25, -0.2) is 9.78 Å². The molecule has 0 amide bonds. The van der Waals surface area contributed by atoms with Crippen LogP contribution in [0.25, 0.3) is 28.4 Å². The third-order valence-electron chi connectivity index (χ3n) is 3.99. The molecule has 6 nitrogen and oxygen atoms in total. The van der Waals surface area contributed by atoms with Crippen LogP contribution in [0.4, 0.5) is 0 Å². The highest BCUT2D eigenvalue weighted by Gasteiger charge is 2.21. The molecule has 0 atom stereocenters. The van der Waals surface area contributed by atoms with E-state index in [4.69, 9.17) is 16.3 Å². The molecule has 0 saturated carbocycles. The maximum Gasteiger partial charge on any atom is 0.341 e. The number of aromatic nitrogens is 4. The van der Waals surface area contributed by atoms with Crippen LogP contribution >= 0.6 is 11.6 Å². The summed E-state index contributed by atoms with van der Waals surface area (Å²) in [6, 6.07) is 16.8. The Kier molecular flexibility index (Phi) is 4.56. The molecule has 0 unspecified atom stereocenters. The maximum absolute atomic E-state index is 12.5. The Hall–Kier alpha value is -3.25. The molecule has 0 fully saturated rings. The Morgan fingerprint density at radius 1 is 1.11 bits per heavy atom. The van der Waals surface area contributed by atoms with Crippen LogP contribution in [0.5, 0.6) is 0 Å². The minimum atomic E-state index is -0.453. The van der Waals surface area contributed by atoms with Gasteiger partial charge in [0.25, 0.3) is 5.78 Å². The molecule has 0 aliphatic rings. The molecule has 4 aromatic rings. The number of benzene rings is 2. The highest BCUT2D eigenvalue weighted by molar-refractivity contribution is 6.30. The van der Waals surface area contributed by atoms with Crippen molar-refractivity contribution in [3.63, 3.8) is 0 Å². The summed E-state index contributed by atoms with van der Waals surface area (Å²) < 4.78 is 6.76. The zero-order valence-corrected chi connectivity index (χ0v) is 15.2. The van der Waals surface area contributed by atoms with E-state index >= 15 is 0 Å². The normalized spacial score (nSPS) is 10.9. The first kappa shape index (κ1) is 17.2. The molecular formula is C20H15ClN4O2. The molecule has 0 aliphatic carbocycles. The monoisotopic (exact) mass is 378 g/mol. The number of hydrogen-bond acceptors (Lipinski definition) is 5. The van der Waals surface area contributed by atoms with Crippen LogP contribution in [0, 0.1) is 0 Å². The van der Waals surface area contributed by atoms with Crippen molar-refractivity contribution in [3.8, 4) is 22.6 Å². The highest BCUT2D eigenvalue weighted by atomic mass is 35.5. The molecule has 7 heteroatoms. The van der Waals surface area contributed by atoms with Crippen LogP contribution in [0.2, 0.25) is 5.02 Å². The summed E-state index contributed by atoms with van der Waals surface area (Å²) in [6.45, 7) is 2.04. The first-order valence-corrected chi connectivity index (χ1v) is 8.79. The van der Waals surface area contributed by atoms with Crippen molar-refractivity contribution in [2.75, 3.05) is 6.61 Å². The molecule has 0 radical (unpaired) electrons. The first-order chi connectivity index (χ1) is 13.2. The predicted molar refractivity (Wildman–Crippen MR) is 103 cm³/mol. The van der Waals surface area contributed by atoms with Crippen molar-refractivity contribution < 1.29 is 9.53 Å². The fraction of sp³-hybridized carbons (Fsp3) is 0.100. The van der Waals surface area contributed by atoms with Gasteiger partial charge in [-0.15, -0.1) is 5.10 Å². The molecule has 0 N–H and O–H groups in total. The number of hydrogen-bond donors (Lipinski definition) is 0. The Morgan fingerprint density at radius 3 is 2.63 bits per heavy atom. The minimum absolute atomic E-state index is 0.274. The lowest BCUT2D eigenvalue weighted by atomic mass is 10.1. The zero-order chi connectivity index (χ0) is 18.8. The van der Waals surface area contributed by atoms with E-state index in [0.29, 0.717) is 27.9 Å². The van der Waals surface area contributed by atoms with Crippen molar-refractivity contribution in [2.24, 2.45) is 0 Å². The number of halogens is 1. The van der Waals surface area contributed by atoms with Gasteiger partial charge >= 0.3 is 5.97 Å². The van der Waals surface area contributed by atoms with Crippen LogP contribution in [-0.2, 0) is 4.74 Å². The summed E-state index contributed by atoms with van der Waals surface area (Å²) in [7, 11) is 0. The lowest BCUT2D eigenvalue weighted by Crippen LogP contribution is -2.11. The summed E-state index contributed by atoms with van der Waals surface area (Å²) in [6.07, 6.45) is 1.48. The fourth-order valence-corrected chi connectivity index (χ4v) is 3.01. The van der Waals surface area contributed by atoms with Gasteiger partial charge < -0.3 is 4.74 Å². The molecule has 0 saturated heterocycles. The van der Waals surface area contributed by atoms with E-state index in [1.807, 2.05) is 42.5 Å². The number of fused-ring (bicyclic) bond motifs is 1. The summed E-state index contributed by atoms with van der Waals surface area (Å²) in [5.74, 6) is 0.408. The second kappa shape index (κ2) is 7.17. The quantitative estimate of drug-likeness (QED) is 0.495. The predicted octanol–water partition coefficient (Wildman–Crippen LogP) is 4.29. The van der Waals surface area contributed by atoms with Gasteiger partial charge in [-0.1, -0.05) is 54.1 Å². The molecule has 2 heterocycles. The summed E-state index contributed by atoms with van der Waals surface area (Å²) in [4.78, 5) is 21.2. The van der Waals surface area contributed by atoms with E-state index < -0.39 is 5.97 Å². The number of ether oxygens (including phenoxy) is 1. The van der Waals surface area contributed by atoms with Crippen molar-refractivity contribution in [3.05, 3.63) is 71.4 Å². The molecule has 0 aliphatic heterocycles. The Morgan fingerprint density at radius 2 is 1.89 bits per heavy atom. The molecule has 0 bridgehead atoms. The molecular weight excluding hydrogens is 364 g/mol. The van der Waals surface area contributed by atoms with Gasteiger partial charge in [0.15, 0.2) is 5.82 Å². The van der Waals surface area contributed by atoms with E-state index in [-0.39, 0.29) is 6.61 Å². The Balaban J connectivity index is 1.96. The average molecular weight is 379 g/mol. The van der Waals surface area contributed by atoms with Crippen LogP contribution in [0.15, 0.2) is 60.8 Å². The van der Waals surface area contributed by atoms with E-state index in [1.165, 1.54) is 6.20 Å². The molecule has 134 valence electrons. The van der Waals surface area contributed by atoms with Crippen molar-refractivity contribution in [1.82, 2.24) is 19.6 Å². The second-order valence-corrected chi connectivity index (χ2v) is 6.20. The van der Waals surface area contributed by atoms with Gasteiger partial charge in [-0.2, -0.15) is 9.50 Å². The highest BCUT2D eigenvalue weighted by Crippen LogP contribution is 2.26. The fourth-order valence-electron chi connectivity index (χ4n) is 2.82. The maximum atomic E-state index is 12.5. The Bertz CT molecular complexity index is 1130. The summed E-state index contributed by atoms with van der Waals surface area (Å²) >= 11 is 6.08. The van der Waals surface area contributed by atoms with Crippen LogP contribution in [-0.4, -0.2) is 32.2 Å². The van der Waals surface area contributed by atoms with Gasteiger partial charge in [0.1, 0.15) is 5.56 Å². The Labute approximate surface area is 160 Å². The molecule has 4 rings (SSSR count). The van der Waals surface area contributed by atoms with Crippen LogP contribution in [0.1, 0.15) is 17.3 Å². The largest absolute Gasteiger partial charge is 0.462 e. The standard InChI is InChI=1S/C20H15ClN4O2/c1-2-27-19(26)16-12-22-20-23-18(14-9-6-10-15(21)11-14)24-25(20)17(16)13-7-4-3-5-8-13/h3-12H,2H2,1H3. The van der Waals surface area contributed by atoms with E-state index in [9.17, 15) is 4.79 Å². The molecule has 2 aromatic heterocycles. The smallest absolute Gasteiger partial charge is 0.341 e. The number of nitrogens with zero attached hydrogens (tertiary/aromatic N) is 4. The van der Waals surface area contributed by atoms with Gasteiger partial charge in [0.05, 0.1) is 12.3 Å². The van der Waals surface area contributed by atoms with E-state index in [2.05, 4.69) is 15.1 Å². The molecule has 2 aromatic carbocycles. The first-order valence-electron chi connectivity index (χ1n) is 8.41. The number of rotatable bonds is 4. The third-order valence-corrected chi connectivity index (χ3v) is 4.23. The number of esters is 1. The van der Waals surface area contributed by atoms with E-state index in [1.54, 1.807) is 23.6 Å². The summed E-state index contributed by atoms with van der Waals surface area (Å²) in [5, 5.41) is 5.17. The van der Waals surface area contributed by atoms with Crippen molar-refractivity contribution in [1.29, 1.82) is 0 Å². The summed E-state index contributed by atoms with van der Waals surface area (Å²) in [5.41, 5.74) is 2.50. The van der Waals surface area contributed by atoms with Crippen LogP contribution < -0.4 is 0 Å². The number of carbonyl (C=O) groups excluding carboxylic acids is 1. The van der Waals surface area contributed by atoms with Gasteiger partial charge in [-0.3, -0.25) is 0 Å². The minimum Gasteiger partial charge on any atom is -0.462 e. The SMILES string of the molecule is CCOC(=O)c1cnc2nc(-c3cccc(Cl)c3)nn2c1-c1ccccc1. The lowest BCUT2D eigenvalue weighted by molar-refractivity contribution is 0.0526. The van der Waals surface area contributed by atoms with Crippen LogP contribution in [0.3, 0.4) is 0 Å². The van der Waals surface area contributed by atoms with Crippen molar-refractivity contribution in [2.45, 2.75) is 6.92 Å². The molecule has 0 spiro atoms. The zero-order valence-electron chi connectivity index (χ0n) is 14.5.